The highest BCUT2D eigenvalue weighted by molar-refractivity contribution is 5.86. The molecule has 1 saturated carbocycles. The Balaban J connectivity index is 2.27. The predicted molar refractivity (Wildman–Crippen MR) is 72.0 cm³/mol. The average molecular weight is 265 g/mol. The lowest BCUT2D eigenvalue weighted by Crippen LogP contribution is -2.40. The minimum atomic E-state index is -0.853. The summed E-state index contributed by atoms with van der Waals surface area (Å²) in [6.07, 6.45) is 3.38. The number of amides is 2. The second-order valence-electron chi connectivity index (χ2n) is 5.60. The molecule has 0 radical (unpaired) electrons. The summed E-state index contributed by atoms with van der Waals surface area (Å²) >= 11 is 0. The van der Waals surface area contributed by atoms with E-state index in [1.165, 1.54) is 0 Å². The number of nitrogens with one attached hydrogen (secondary N) is 2. The van der Waals surface area contributed by atoms with Gasteiger partial charge >= 0.3 is 0 Å². The normalized spacial score (nSPS) is 16.9. The van der Waals surface area contributed by atoms with Crippen LogP contribution in [0, 0.1) is 22.7 Å². The van der Waals surface area contributed by atoms with E-state index in [-0.39, 0.29) is 18.2 Å². The molecular weight excluding hydrogens is 242 g/mol. The van der Waals surface area contributed by atoms with Gasteiger partial charge in [-0.25, -0.2) is 0 Å². The molecule has 0 aromatic rings. The van der Waals surface area contributed by atoms with Crippen molar-refractivity contribution in [1.82, 2.24) is 10.6 Å². The van der Waals surface area contributed by atoms with Gasteiger partial charge in [-0.2, -0.15) is 5.26 Å². The predicted octanol–water partition coefficient (Wildman–Crippen LogP) is 1.35. The van der Waals surface area contributed by atoms with Gasteiger partial charge in [0.1, 0.15) is 5.41 Å². The lowest BCUT2D eigenvalue weighted by molar-refractivity contribution is -0.128. The number of hydrogen-bond donors (Lipinski definition) is 2. The Labute approximate surface area is 114 Å². The lowest BCUT2D eigenvalue weighted by Gasteiger charge is -2.19. The SMILES string of the molecule is CC(C)CNC(=O)CCNC(=O)C1(C#N)CCCC1. The van der Waals surface area contributed by atoms with Gasteiger partial charge in [-0.3, -0.25) is 9.59 Å². The van der Waals surface area contributed by atoms with Crippen molar-refractivity contribution in [2.75, 3.05) is 13.1 Å². The fourth-order valence-corrected chi connectivity index (χ4v) is 2.23. The molecule has 0 bridgehead atoms. The van der Waals surface area contributed by atoms with E-state index < -0.39 is 5.41 Å². The van der Waals surface area contributed by atoms with E-state index in [1.54, 1.807) is 0 Å². The first-order valence-corrected chi connectivity index (χ1v) is 6.96. The zero-order valence-corrected chi connectivity index (χ0v) is 11.8. The van der Waals surface area contributed by atoms with Crippen molar-refractivity contribution in [2.24, 2.45) is 11.3 Å². The molecule has 2 N–H and O–H groups in total. The van der Waals surface area contributed by atoms with Crippen molar-refractivity contribution < 1.29 is 9.59 Å². The van der Waals surface area contributed by atoms with Crippen molar-refractivity contribution >= 4 is 11.8 Å². The summed E-state index contributed by atoms with van der Waals surface area (Å²) in [5.41, 5.74) is -0.853. The molecule has 0 unspecified atom stereocenters. The third kappa shape index (κ3) is 4.55. The Kier molecular flexibility index (Phi) is 5.81. The standard InChI is InChI=1S/C14H23N3O2/c1-11(2)9-17-12(18)5-8-16-13(19)14(10-15)6-3-4-7-14/h11H,3-9H2,1-2H3,(H,16,19)(H,17,18). The van der Waals surface area contributed by atoms with Crippen LogP contribution in [0.5, 0.6) is 0 Å². The summed E-state index contributed by atoms with van der Waals surface area (Å²) in [5, 5.41) is 14.7. The van der Waals surface area contributed by atoms with Crippen molar-refractivity contribution in [2.45, 2.75) is 46.0 Å². The highest BCUT2D eigenvalue weighted by atomic mass is 16.2. The maximum Gasteiger partial charge on any atom is 0.240 e. The van der Waals surface area contributed by atoms with Gasteiger partial charge in [0.05, 0.1) is 6.07 Å². The first kappa shape index (κ1) is 15.5. The van der Waals surface area contributed by atoms with Gasteiger partial charge < -0.3 is 10.6 Å². The van der Waals surface area contributed by atoms with E-state index in [9.17, 15) is 9.59 Å². The molecule has 106 valence electrons. The highest BCUT2D eigenvalue weighted by Crippen LogP contribution is 2.37. The second kappa shape index (κ2) is 7.13. The molecule has 1 aliphatic carbocycles. The zero-order chi connectivity index (χ0) is 14.3. The number of carbonyl (C=O) groups excluding carboxylic acids is 2. The molecule has 1 aliphatic rings. The zero-order valence-electron chi connectivity index (χ0n) is 11.8. The number of nitriles is 1. The molecule has 5 nitrogen and oxygen atoms in total. The van der Waals surface area contributed by atoms with Crippen molar-refractivity contribution in [1.29, 1.82) is 5.26 Å². The van der Waals surface area contributed by atoms with Crippen LogP contribution in [0.15, 0.2) is 0 Å². The van der Waals surface area contributed by atoms with Crippen LogP contribution < -0.4 is 10.6 Å². The Bertz CT molecular complexity index is 365. The Morgan fingerprint density at radius 3 is 2.42 bits per heavy atom. The van der Waals surface area contributed by atoms with Crippen molar-refractivity contribution in [3.05, 3.63) is 0 Å². The van der Waals surface area contributed by atoms with E-state index in [0.29, 0.717) is 31.8 Å². The van der Waals surface area contributed by atoms with Crippen LogP contribution >= 0.6 is 0 Å². The van der Waals surface area contributed by atoms with Gasteiger partial charge in [-0.05, 0) is 18.8 Å². The quantitative estimate of drug-likeness (QED) is 0.760. The lowest BCUT2D eigenvalue weighted by atomic mass is 9.87. The fourth-order valence-electron chi connectivity index (χ4n) is 2.23. The molecule has 0 atom stereocenters. The van der Waals surface area contributed by atoms with Crippen LogP contribution in [0.25, 0.3) is 0 Å². The number of rotatable bonds is 6. The molecule has 2 amide bonds. The second-order valence-corrected chi connectivity index (χ2v) is 5.60. The van der Waals surface area contributed by atoms with Gasteiger partial charge in [0.15, 0.2) is 0 Å². The third-order valence-electron chi connectivity index (χ3n) is 3.45. The molecule has 0 heterocycles. The first-order chi connectivity index (χ1) is 9.00. The number of carbonyl (C=O) groups is 2. The van der Waals surface area contributed by atoms with E-state index in [4.69, 9.17) is 5.26 Å². The summed E-state index contributed by atoms with van der Waals surface area (Å²) in [6, 6.07) is 2.14. The largest absolute Gasteiger partial charge is 0.356 e. The molecule has 5 heteroatoms. The Morgan fingerprint density at radius 2 is 1.89 bits per heavy atom. The molecule has 19 heavy (non-hydrogen) atoms. The third-order valence-corrected chi connectivity index (χ3v) is 3.45. The smallest absolute Gasteiger partial charge is 0.240 e. The maximum absolute atomic E-state index is 12.0. The Morgan fingerprint density at radius 1 is 1.26 bits per heavy atom. The van der Waals surface area contributed by atoms with Gasteiger partial charge in [0.25, 0.3) is 0 Å². The summed E-state index contributed by atoms with van der Waals surface area (Å²) in [4.78, 5) is 23.5. The van der Waals surface area contributed by atoms with Crippen molar-refractivity contribution in [3.63, 3.8) is 0 Å². The van der Waals surface area contributed by atoms with E-state index in [0.717, 1.165) is 12.8 Å². The molecule has 1 fully saturated rings. The van der Waals surface area contributed by atoms with Crippen LogP contribution in [-0.2, 0) is 9.59 Å². The van der Waals surface area contributed by atoms with Crippen molar-refractivity contribution in [3.8, 4) is 6.07 Å². The average Bonchev–Trinajstić information content (AvgIpc) is 2.86. The van der Waals surface area contributed by atoms with Crippen LogP contribution in [0.1, 0.15) is 46.0 Å². The molecular formula is C14H23N3O2. The fraction of sp³-hybridized carbons (Fsp3) is 0.786. The van der Waals surface area contributed by atoms with Gasteiger partial charge in [-0.1, -0.05) is 26.7 Å². The van der Waals surface area contributed by atoms with E-state index in [1.807, 2.05) is 13.8 Å². The maximum atomic E-state index is 12.0. The van der Waals surface area contributed by atoms with Crippen LogP contribution in [-0.4, -0.2) is 24.9 Å². The minimum Gasteiger partial charge on any atom is -0.356 e. The van der Waals surface area contributed by atoms with Crippen LogP contribution in [0.4, 0.5) is 0 Å². The first-order valence-electron chi connectivity index (χ1n) is 6.96. The van der Waals surface area contributed by atoms with Gasteiger partial charge in [-0.15, -0.1) is 0 Å². The van der Waals surface area contributed by atoms with Gasteiger partial charge in [0, 0.05) is 19.5 Å². The number of hydrogen-bond acceptors (Lipinski definition) is 3. The molecule has 0 aromatic heterocycles. The minimum absolute atomic E-state index is 0.0635. The van der Waals surface area contributed by atoms with Crippen LogP contribution in [0.3, 0.4) is 0 Å². The van der Waals surface area contributed by atoms with E-state index >= 15 is 0 Å². The summed E-state index contributed by atoms with van der Waals surface area (Å²) in [5.74, 6) is 0.134. The summed E-state index contributed by atoms with van der Waals surface area (Å²) < 4.78 is 0. The summed E-state index contributed by atoms with van der Waals surface area (Å²) in [7, 11) is 0. The van der Waals surface area contributed by atoms with Gasteiger partial charge in [0.2, 0.25) is 11.8 Å². The molecule has 0 spiro atoms. The van der Waals surface area contributed by atoms with E-state index in [2.05, 4.69) is 16.7 Å². The molecule has 1 rings (SSSR count). The topological polar surface area (TPSA) is 82.0 Å². The Hall–Kier alpha value is -1.57. The monoisotopic (exact) mass is 265 g/mol. The molecule has 0 aliphatic heterocycles. The number of nitrogens with zero attached hydrogens (tertiary/aromatic N) is 1. The van der Waals surface area contributed by atoms with Crippen LogP contribution in [0.2, 0.25) is 0 Å². The summed E-state index contributed by atoms with van der Waals surface area (Å²) in [6.45, 7) is 5.00. The molecule has 0 saturated heterocycles. The molecule has 0 aromatic carbocycles. The highest BCUT2D eigenvalue weighted by Gasteiger charge is 2.41.